The first kappa shape index (κ1) is 19.5. The van der Waals surface area contributed by atoms with Crippen molar-refractivity contribution in [3.8, 4) is 5.75 Å². The van der Waals surface area contributed by atoms with E-state index in [-0.39, 0.29) is 6.09 Å². The van der Waals surface area contributed by atoms with E-state index in [0.717, 1.165) is 13.0 Å². The van der Waals surface area contributed by atoms with E-state index in [0.29, 0.717) is 5.75 Å². The number of rotatable bonds is 12. The van der Waals surface area contributed by atoms with Crippen LogP contribution in [0.3, 0.4) is 0 Å². The third kappa shape index (κ3) is 9.98. The Hall–Kier alpha value is -1.51. The average Bonchev–Trinajstić information content (AvgIpc) is 2.57. The molecule has 0 saturated heterocycles. The second-order valence-corrected chi connectivity index (χ2v) is 6.28. The van der Waals surface area contributed by atoms with Gasteiger partial charge in [0.2, 0.25) is 0 Å². The van der Waals surface area contributed by atoms with Crippen LogP contribution in [-0.2, 0) is 0 Å². The number of hydrogen-bond donors (Lipinski definition) is 0. The molecule has 0 atom stereocenters. The summed E-state index contributed by atoms with van der Waals surface area (Å²) in [6.07, 6.45) is 12.8. The molecule has 0 spiro atoms. The molecule has 0 radical (unpaired) electrons. The van der Waals surface area contributed by atoms with Crippen molar-refractivity contribution in [3.63, 3.8) is 0 Å². The molecule has 1 aromatic rings. The number of carbonyl (C=O) groups excluding carboxylic acids is 1. The van der Waals surface area contributed by atoms with Gasteiger partial charge in [0.25, 0.3) is 0 Å². The maximum Gasteiger partial charge on any atom is 0.414 e. The highest BCUT2D eigenvalue weighted by Crippen LogP contribution is 2.12. The molecule has 0 aliphatic heterocycles. The lowest BCUT2D eigenvalue weighted by molar-refractivity contribution is 0.162. The number of benzene rings is 1. The Bertz CT molecular complexity index is 405. The average molecular weight is 319 g/mol. The van der Waals surface area contributed by atoms with Gasteiger partial charge in [-0.05, 0) is 18.6 Å². The smallest absolute Gasteiger partial charge is 0.410 e. The van der Waals surface area contributed by atoms with Crippen LogP contribution in [0.1, 0.15) is 71.1 Å². The third-order valence-corrected chi connectivity index (χ3v) is 4.11. The normalized spacial score (nSPS) is 10.5. The Labute approximate surface area is 142 Å². The van der Waals surface area contributed by atoms with Gasteiger partial charge in [0.15, 0.2) is 0 Å². The van der Waals surface area contributed by atoms with Gasteiger partial charge in [-0.1, -0.05) is 82.9 Å². The van der Waals surface area contributed by atoms with Gasteiger partial charge in [-0.25, -0.2) is 4.79 Å². The van der Waals surface area contributed by atoms with Crippen LogP contribution in [0, 0.1) is 0 Å². The molecule has 0 bridgehead atoms. The molecule has 3 heteroatoms. The number of carbonyl (C=O) groups is 1. The van der Waals surface area contributed by atoms with E-state index in [1.807, 2.05) is 18.2 Å². The van der Waals surface area contributed by atoms with Gasteiger partial charge in [-0.15, -0.1) is 0 Å². The molecule has 1 amide bonds. The van der Waals surface area contributed by atoms with Crippen molar-refractivity contribution in [1.29, 1.82) is 0 Å². The van der Waals surface area contributed by atoms with Crippen molar-refractivity contribution < 1.29 is 9.53 Å². The molecule has 0 saturated carbocycles. The van der Waals surface area contributed by atoms with Crippen molar-refractivity contribution in [2.24, 2.45) is 0 Å². The van der Waals surface area contributed by atoms with Crippen LogP contribution in [-0.4, -0.2) is 24.6 Å². The third-order valence-electron chi connectivity index (χ3n) is 4.11. The molecule has 130 valence electrons. The number of para-hydroxylation sites is 1. The maximum absolute atomic E-state index is 11.9. The lowest BCUT2D eigenvalue weighted by Gasteiger charge is -2.16. The molecule has 3 nitrogen and oxygen atoms in total. The quantitative estimate of drug-likeness (QED) is 0.440. The standard InChI is InChI=1S/C20H33NO2/c1-3-4-5-6-7-8-9-10-11-15-18-21(2)20(22)23-19-16-13-12-14-17-19/h12-14,16-17H,3-11,15,18H2,1-2H3. The molecule has 23 heavy (non-hydrogen) atoms. The van der Waals surface area contributed by atoms with Crippen LogP contribution in [0.5, 0.6) is 5.75 Å². The van der Waals surface area contributed by atoms with Gasteiger partial charge >= 0.3 is 6.09 Å². The molecule has 0 fully saturated rings. The van der Waals surface area contributed by atoms with E-state index in [2.05, 4.69) is 6.92 Å². The predicted molar refractivity (Wildman–Crippen MR) is 96.9 cm³/mol. The highest BCUT2D eigenvalue weighted by Gasteiger charge is 2.10. The summed E-state index contributed by atoms with van der Waals surface area (Å²) in [7, 11) is 1.80. The first-order valence-corrected chi connectivity index (χ1v) is 9.22. The monoisotopic (exact) mass is 319 g/mol. The summed E-state index contributed by atoms with van der Waals surface area (Å²) < 4.78 is 5.31. The van der Waals surface area contributed by atoms with E-state index in [4.69, 9.17) is 4.74 Å². The van der Waals surface area contributed by atoms with Crippen LogP contribution in [0.15, 0.2) is 30.3 Å². The lowest BCUT2D eigenvalue weighted by Crippen LogP contribution is -2.30. The van der Waals surface area contributed by atoms with Crippen LogP contribution < -0.4 is 4.74 Å². The summed E-state index contributed by atoms with van der Waals surface area (Å²) in [5.74, 6) is 0.604. The first-order chi connectivity index (χ1) is 11.2. The highest BCUT2D eigenvalue weighted by molar-refractivity contribution is 5.70. The molecular weight excluding hydrogens is 286 g/mol. The fraction of sp³-hybridized carbons (Fsp3) is 0.650. The number of unbranched alkanes of at least 4 members (excludes halogenated alkanes) is 9. The van der Waals surface area contributed by atoms with Gasteiger partial charge in [0.05, 0.1) is 0 Å². The van der Waals surface area contributed by atoms with Crippen LogP contribution in [0.25, 0.3) is 0 Å². The van der Waals surface area contributed by atoms with Gasteiger partial charge in [-0.3, -0.25) is 0 Å². The molecular formula is C20H33NO2. The topological polar surface area (TPSA) is 29.5 Å². The molecule has 1 aromatic carbocycles. The van der Waals surface area contributed by atoms with Crippen molar-refractivity contribution in [3.05, 3.63) is 30.3 Å². The van der Waals surface area contributed by atoms with Crippen molar-refractivity contribution >= 4 is 6.09 Å². The number of nitrogens with zero attached hydrogens (tertiary/aromatic N) is 1. The Morgan fingerprint density at radius 2 is 1.39 bits per heavy atom. The molecule has 0 unspecified atom stereocenters. The van der Waals surface area contributed by atoms with E-state index in [1.165, 1.54) is 57.8 Å². The van der Waals surface area contributed by atoms with Crippen LogP contribution in [0.4, 0.5) is 4.79 Å². The van der Waals surface area contributed by atoms with E-state index >= 15 is 0 Å². The molecule has 0 aromatic heterocycles. The SMILES string of the molecule is CCCCCCCCCCCCN(C)C(=O)Oc1ccccc1. The minimum absolute atomic E-state index is 0.271. The van der Waals surface area contributed by atoms with Crippen molar-refractivity contribution in [2.75, 3.05) is 13.6 Å². The largest absolute Gasteiger partial charge is 0.414 e. The fourth-order valence-corrected chi connectivity index (χ4v) is 2.59. The number of hydrogen-bond acceptors (Lipinski definition) is 2. The van der Waals surface area contributed by atoms with Crippen LogP contribution >= 0.6 is 0 Å². The zero-order valence-electron chi connectivity index (χ0n) is 14.9. The van der Waals surface area contributed by atoms with Crippen molar-refractivity contribution in [1.82, 2.24) is 4.90 Å². The molecule has 0 heterocycles. The summed E-state index contributed by atoms with van der Waals surface area (Å²) in [5, 5.41) is 0. The Morgan fingerprint density at radius 3 is 1.96 bits per heavy atom. The van der Waals surface area contributed by atoms with E-state index in [9.17, 15) is 4.79 Å². The second kappa shape index (κ2) is 13.0. The number of amides is 1. The summed E-state index contributed by atoms with van der Waals surface area (Å²) in [6, 6.07) is 9.24. The van der Waals surface area contributed by atoms with Crippen LogP contribution in [0.2, 0.25) is 0 Å². The minimum atomic E-state index is -0.271. The maximum atomic E-state index is 11.9. The zero-order valence-corrected chi connectivity index (χ0v) is 14.9. The first-order valence-electron chi connectivity index (χ1n) is 9.22. The molecule has 0 N–H and O–H groups in total. The summed E-state index contributed by atoms with van der Waals surface area (Å²) in [6.45, 7) is 3.02. The lowest BCUT2D eigenvalue weighted by atomic mass is 10.1. The second-order valence-electron chi connectivity index (χ2n) is 6.28. The summed E-state index contributed by atoms with van der Waals surface area (Å²) >= 11 is 0. The Balaban J connectivity index is 1.97. The molecule has 0 aliphatic rings. The summed E-state index contributed by atoms with van der Waals surface area (Å²) in [4.78, 5) is 13.6. The van der Waals surface area contributed by atoms with Gasteiger partial charge < -0.3 is 9.64 Å². The number of ether oxygens (including phenoxy) is 1. The van der Waals surface area contributed by atoms with Gasteiger partial charge in [-0.2, -0.15) is 0 Å². The van der Waals surface area contributed by atoms with Crippen molar-refractivity contribution in [2.45, 2.75) is 71.1 Å². The summed E-state index contributed by atoms with van der Waals surface area (Å²) in [5.41, 5.74) is 0. The zero-order chi connectivity index (χ0) is 16.8. The Kier molecular flexibility index (Phi) is 11.0. The van der Waals surface area contributed by atoms with E-state index in [1.54, 1.807) is 24.1 Å². The Morgan fingerprint density at radius 1 is 0.870 bits per heavy atom. The highest BCUT2D eigenvalue weighted by atomic mass is 16.6. The van der Waals surface area contributed by atoms with E-state index < -0.39 is 0 Å². The molecule has 1 rings (SSSR count). The minimum Gasteiger partial charge on any atom is -0.410 e. The molecule has 0 aliphatic carbocycles. The fourth-order valence-electron chi connectivity index (χ4n) is 2.59. The van der Waals surface area contributed by atoms with Gasteiger partial charge in [0, 0.05) is 13.6 Å². The predicted octanol–water partition coefficient (Wildman–Crippen LogP) is 6.04. The van der Waals surface area contributed by atoms with Gasteiger partial charge in [0.1, 0.15) is 5.75 Å².